The number of ether oxygens (including phenoxy) is 1. The quantitative estimate of drug-likeness (QED) is 0.509. The van der Waals surface area contributed by atoms with Crippen LogP contribution in [-0.4, -0.2) is 34.8 Å². The summed E-state index contributed by atoms with van der Waals surface area (Å²) >= 11 is 0.776. The Balaban J connectivity index is 2.18. The van der Waals surface area contributed by atoms with Gasteiger partial charge in [0.1, 0.15) is 0 Å². The van der Waals surface area contributed by atoms with E-state index in [9.17, 15) is 0 Å². The van der Waals surface area contributed by atoms with Gasteiger partial charge in [0, 0.05) is 0 Å². The number of hydrogen-bond acceptors (Lipinski definition) is 1. The molecule has 1 atom stereocenters. The van der Waals surface area contributed by atoms with E-state index in [1.165, 1.54) is 12.8 Å². The second kappa shape index (κ2) is 2.22. The Hall–Kier alpha value is 0.830. The van der Waals surface area contributed by atoms with Gasteiger partial charge in [-0.2, -0.15) is 0 Å². The minimum atomic E-state index is 0.756. The van der Waals surface area contributed by atoms with Gasteiger partial charge in [-0.05, 0) is 0 Å². The van der Waals surface area contributed by atoms with Crippen LogP contribution in [0.3, 0.4) is 0 Å². The van der Waals surface area contributed by atoms with Crippen molar-refractivity contribution in [3.8, 4) is 0 Å². The summed E-state index contributed by atoms with van der Waals surface area (Å²) < 4.78 is 6.00. The molecule has 1 heterocycles. The number of hydrogen-bond donors (Lipinski definition) is 0. The van der Waals surface area contributed by atoms with Gasteiger partial charge < -0.3 is 0 Å². The van der Waals surface area contributed by atoms with E-state index in [-0.39, 0.29) is 0 Å². The molecule has 1 saturated heterocycles. The Morgan fingerprint density at radius 1 is 1.67 bits per heavy atom. The van der Waals surface area contributed by atoms with Gasteiger partial charge in [0.25, 0.3) is 0 Å². The van der Waals surface area contributed by atoms with Crippen molar-refractivity contribution >= 4 is 24.4 Å². The molecule has 0 radical (unpaired) electrons. The first-order chi connectivity index (χ1) is 2.89. The maximum absolute atomic E-state index is 5.25. The Morgan fingerprint density at radius 3 is 2.67 bits per heavy atom. The van der Waals surface area contributed by atoms with E-state index in [4.69, 9.17) is 4.74 Å². The van der Waals surface area contributed by atoms with E-state index >= 15 is 0 Å². The van der Waals surface area contributed by atoms with Crippen molar-refractivity contribution in [2.75, 3.05) is 6.61 Å². The molecule has 0 aromatic rings. The van der Waals surface area contributed by atoms with Crippen molar-refractivity contribution in [2.24, 2.45) is 0 Å². The summed E-state index contributed by atoms with van der Waals surface area (Å²) in [4.78, 5) is 0. The molecule has 1 aliphatic heterocycles. The van der Waals surface area contributed by atoms with Crippen molar-refractivity contribution in [2.45, 2.75) is 16.7 Å². The molecule has 1 aliphatic rings. The molecule has 0 bridgehead atoms. The van der Waals surface area contributed by atoms with Gasteiger partial charge in [0.15, 0.2) is 0 Å². The molecule has 1 nitrogen and oxygen atoms in total. The molecule has 34 valence electrons. The van der Waals surface area contributed by atoms with Crippen molar-refractivity contribution < 1.29 is 4.74 Å². The number of rotatable bonds is 0. The summed E-state index contributed by atoms with van der Waals surface area (Å²) in [5.41, 5.74) is 0. The maximum atomic E-state index is 5.25. The molecule has 0 N–H and O–H groups in total. The molecule has 6 heavy (non-hydrogen) atoms. The van der Waals surface area contributed by atoms with Gasteiger partial charge in [-0.1, -0.05) is 0 Å². The molecule has 0 aromatic carbocycles. The van der Waals surface area contributed by atoms with E-state index < -0.39 is 0 Å². The van der Waals surface area contributed by atoms with Gasteiger partial charge in [-0.3, -0.25) is 0 Å². The second-order valence-electron chi connectivity index (χ2n) is 1.82. The van der Waals surface area contributed by atoms with Crippen LogP contribution in [0, 0.1) is 0 Å². The molecule has 1 unspecified atom stereocenters. The van der Waals surface area contributed by atoms with Gasteiger partial charge in [0.2, 0.25) is 0 Å². The zero-order valence-electron chi connectivity index (χ0n) is 4.11. The van der Waals surface area contributed by atoms with Gasteiger partial charge >= 0.3 is 52.4 Å². The van der Waals surface area contributed by atoms with Crippen molar-refractivity contribution in [1.82, 2.24) is 0 Å². The van der Waals surface area contributed by atoms with Crippen molar-refractivity contribution in [3.63, 3.8) is 0 Å². The fourth-order valence-corrected chi connectivity index (χ4v) is 2.58. The molecular formula is C4H9InO. The van der Waals surface area contributed by atoms with Crippen LogP contribution in [0.5, 0.6) is 0 Å². The monoisotopic (exact) mass is 188 g/mol. The van der Waals surface area contributed by atoms with Crippen LogP contribution in [-0.2, 0) is 4.74 Å². The Kier molecular flexibility index (Phi) is 1.84. The summed E-state index contributed by atoms with van der Waals surface area (Å²) in [6.45, 7) is 1.04. The van der Waals surface area contributed by atoms with Gasteiger partial charge in [0.05, 0.1) is 0 Å². The fourth-order valence-electron chi connectivity index (χ4n) is 0.739. The van der Waals surface area contributed by atoms with E-state index in [2.05, 4.69) is 0 Å². The first-order valence-electron chi connectivity index (χ1n) is 2.51. The summed E-state index contributed by atoms with van der Waals surface area (Å²) in [5, 5.41) is 0. The molecule has 0 saturated carbocycles. The summed E-state index contributed by atoms with van der Waals surface area (Å²) in [5.74, 6) is 0. The van der Waals surface area contributed by atoms with Crippen LogP contribution >= 0.6 is 0 Å². The Bertz CT molecular complexity index is 40.8. The van der Waals surface area contributed by atoms with E-state index in [0.717, 1.165) is 34.8 Å². The third-order valence-electron chi connectivity index (χ3n) is 1.16. The normalized spacial score (nSPS) is 34.3. The molecule has 0 amide bonds. The first-order valence-corrected chi connectivity index (χ1v) is 5.81. The molecule has 1 fully saturated rings. The minimum absolute atomic E-state index is 0.756. The molecule has 2 heteroatoms. The van der Waals surface area contributed by atoms with Crippen LogP contribution < -0.4 is 0 Å². The molecule has 0 aromatic heterocycles. The molecular weight excluding hydrogens is 179 g/mol. The van der Waals surface area contributed by atoms with Crippen LogP contribution in [0.25, 0.3) is 0 Å². The fraction of sp³-hybridized carbons (Fsp3) is 1.00. The SMILES string of the molecule is [InH2][CH]1CCCO1. The summed E-state index contributed by atoms with van der Waals surface area (Å²) in [6, 6.07) is 0. The van der Waals surface area contributed by atoms with Crippen LogP contribution in [0.15, 0.2) is 0 Å². The van der Waals surface area contributed by atoms with E-state index in [0.29, 0.717) is 0 Å². The van der Waals surface area contributed by atoms with Crippen molar-refractivity contribution in [3.05, 3.63) is 0 Å². The summed E-state index contributed by atoms with van der Waals surface area (Å²) in [6.07, 6.45) is 2.67. The van der Waals surface area contributed by atoms with Crippen LogP contribution in [0.2, 0.25) is 0 Å². The Labute approximate surface area is 52.6 Å². The second-order valence-corrected chi connectivity index (χ2v) is 5.50. The molecule has 0 aliphatic carbocycles. The van der Waals surface area contributed by atoms with Crippen LogP contribution in [0.4, 0.5) is 0 Å². The third-order valence-corrected chi connectivity index (χ3v) is 3.76. The van der Waals surface area contributed by atoms with E-state index in [1.807, 2.05) is 0 Å². The Morgan fingerprint density at radius 2 is 2.50 bits per heavy atom. The molecule has 0 spiro atoms. The zero-order valence-corrected chi connectivity index (χ0v) is 9.82. The van der Waals surface area contributed by atoms with Crippen LogP contribution in [0.1, 0.15) is 12.8 Å². The van der Waals surface area contributed by atoms with E-state index in [1.54, 1.807) is 0 Å². The third kappa shape index (κ3) is 1.16. The summed E-state index contributed by atoms with van der Waals surface area (Å²) in [7, 11) is 0. The topological polar surface area (TPSA) is 9.23 Å². The van der Waals surface area contributed by atoms with Gasteiger partial charge in [-0.25, -0.2) is 0 Å². The average Bonchev–Trinajstić information content (AvgIpc) is 1.86. The van der Waals surface area contributed by atoms with Crippen molar-refractivity contribution in [1.29, 1.82) is 0 Å². The molecule has 1 rings (SSSR count). The van der Waals surface area contributed by atoms with Gasteiger partial charge in [-0.15, -0.1) is 0 Å². The first kappa shape index (κ1) is 4.98. The predicted molar refractivity (Wildman–Crippen MR) is 27.5 cm³/mol. The zero-order chi connectivity index (χ0) is 4.41. The standard InChI is InChI=1S/C4H7O.In.2H/c1-2-4-5-3-1;;;/h3H,1-2,4H2;;;. The predicted octanol–water partition coefficient (Wildman–Crippen LogP) is -0.244. The average molecular weight is 188 g/mol.